The summed E-state index contributed by atoms with van der Waals surface area (Å²) in [5.74, 6) is -3.01. The third kappa shape index (κ3) is 2.31. The Hall–Kier alpha value is -0.315. The number of hydrogen-bond acceptors (Lipinski definition) is 3. The van der Waals surface area contributed by atoms with Crippen LogP contribution in [0.3, 0.4) is 0 Å². The molecule has 0 radical (unpaired) electrons. The lowest BCUT2D eigenvalue weighted by atomic mass is 9.81. The minimum Gasteiger partial charge on any atom is -0.399 e. The second-order valence-corrected chi connectivity index (χ2v) is 5.85. The molecule has 0 N–H and O–H groups in total. The van der Waals surface area contributed by atoms with Gasteiger partial charge in [-0.3, -0.25) is 0 Å². The van der Waals surface area contributed by atoms with Gasteiger partial charge in [0.15, 0.2) is 0 Å². The van der Waals surface area contributed by atoms with Crippen molar-refractivity contribution in [3.05, 3.63) is 16.3 Å². The molecule has 2 heterocycles. The van der Waals surface area contributed by atoms with E-state index < -0.39 is 48.8 Å². The van der Waals surface area contributed by atoms with Gasteiger partial charge in [0, 0.05) is 14.5 Å². The molecule has 2 nitrogen and oxygen atoms in total. The molecular formula is C13H21BO2S. The first-order valence-electron chi connectivity index (χ1n) is 9.83. The van der Waals surface area contributed by atoms with Crippen molar-refractivity contribution in [2.24, 2.45) is 0 Å². The molecule has 17 heavy (non-hydrogen) atoms. The lowest BCUT2D eigenvalue weighted by molar-refractivity contribution is 0.00578. The first kappa shape index (κ1) is 5.76. The van der Waals surface area contributed by atoms with Crippen LogP contribution in [0, 0.1) is 0 Å². The highest BCUT2D eigenvalue weighted by Crippen LogP contribution is 2.36. The Labute approximate surface area is 121 Å². The molecule has 0 unspecified atom stereocenters. The number of thiophene rings is 1. The van der Waals surface area contributed by atoms with Gasteiger partial charge in [0.05, 0.1) is 13.9 Å². The Kier molecular flexibility index (Phi) is 1.39. The SMILES string of the molecule is [2H]c1sc(C([2H])(C([2H])([2H])[2H])C([2H])([2H])[2H])c([2H])c1B1OC(C)(C)C(C)(C)O1. The van der Waals surface area contributed by atoms with Crippen LogP contribution in [0.4, 0.5) is 0 Å². The van der Waals surface area contributed by atoms with Gasteiger partial charge in [-0.25, -0.2) is 0 Å². The predicted molar refractivity (Wildman–Crippen MR) is 74.1 cm³/mol. The largest absolute Gasteiger partial charge is 0.495 e. The average molecular weight is 261 g/mol. The average Bonchev–Trinajstić information content (AvgIpc) is 2.79. The molecule has 1 aliphatic rings. The Balaban J connectivity index is 2.62. The Morgan fingerprint density at radius 3 is 2.47 bits per heavy atom. The molecule has 1 aromatic rings. The third-order valence-electron chi connectivity index (χ3n) is 3.23. The number of hydrogen-bond donors (Lipinski definition) is 0. The zero-order valence-corrected chi connectivity index (χ0v) is 11.1. The van der Waals surface area contributed by atoms with E-state index in [0.29, 0.717) is 11.3 Å². The van der Waals surface area contributed by atoms with Crippen molar-refractivity contribution in [3.63, 3.8) is 0 Å². The van der Waals surface area contributed by atoms with Crippen LogP contribution in [0.25, 0.3) is 0 Å². The molecule has 2 rings (SSSR count). The fraction of sp³-hybridized carbons (Fsp3) is 0.692. The fourth-order valence-corrected chi connectivity index (χ4v) is 2.08. The van der Waals surface area contributed by atoms with E-state index in [1.54, 1.807) is 27.7 Å². The first-order valence-corrected chi connectivity index (χ1v) is 6.14. The van der Waals surface area contributed by atoms with E-state index in [2.05, 4.69) is 0 Å². The number of rotatable bonds is 2. The molecular weight excluding hydrogens is 231 g/mol. The maximum Gasteiger partial charge on any atom is 0.495 e. The van der Waals surface area contributed by atoms with Gasteiger partial charge in [-0.05, 0) is 50.5 Å². The highest BCUT2D eigenvalue weighted by Gasteiger charge is 2.51. The molecule has 1 aromatic heterocycles. The summed E-state index contributed by atoms with van der Waals surface area (Å²) in [6.07, 6.45) is 0. The summed E-state index contributed by atoms with van der Waals surface area (Å²) in [4.78, 5) is -0.507. The molecule has 4 heteroatoms. The minimum atomic E-state index is -3.21. The third-order valence-corrected chi connectivity index (χ3v) is 4.06. The molecule has 0 aliphatic carbocycles. The van der Waals surface area contributed by atoms with Gasteiger partial charge in [0.2, 0.25) is 0 Å². The predicted octanol–water partition coefficient (Wildman–Crippen LogP) is 3.17. The summed E-state index contributed by atoms with van der Waals surface area (Å²) in [6, 6.07) is -0.499. The summed E-state index contributed by atoms with van der Waals surface area (Å²) in [7, 11) is -1.11. The highest BCUT2D eigenvalue weighted by molar-refractivity contribution is 7.11. The maximum atomic E-state index is 8.32. The molecule has 1 aliphatic heterocycles. The fourth-order valence-electron chi connectivity index (χ4n) is 1.46. The normalized spacial score (nSPS) is 32.2. The Bertz CT molecular complexity index is 678. The smallest absolute Gasteiger partial charge is 0.399 e. The van der Waals surface area contributed by atoms with Crippen molar-refractivity contribution in [3.8, 4) is 0 Å². The van der Waals surface area contributed by atoms with E-state index in [1.807, 2.05) is 0 Å². The van der Waals surface area contributed by atoms with Crippen molar-refractivity contribution in [1.29, 1.82) is 0 Å². The van der Waals surface area contributed by atoms with Crippen LogP contribution in [0.2, 0.25) is 0 Å². The van der Waals surface area contributed by atoms with E-state index in [-0.39, 0.29) is 10.8 Å². The molecule has 0 amide bonds. The second kappa shape index (κ2) is 4.11. The minimum absolute atomic E-state index is 0.0474. The topological polar surface area (TPSA) is 18.5 Å². The van der Waals surface area contributed by atoms with Crippen LogP contribution in [0.1, 0.15) is 64.5 Å². The van der Waals surface area contributed by atoms with Gasteiger partial charge >= 0.3 is 7.12 Å². The molecule has 0 bridgehead atoms. The summed E-state index contributed by atoms with van der Waals surface area (Å²) < 4.78 is 81.8. The first-order chi connectivity index (χ1) is 11.4. The van der Waals surface area contributed by atoms with E-state index in [1.165, 1.54) is 0 Å². The highest BCUT2D eigenvalue weighted by atomic mass is 32.1. The van der Waals surface area contributed by atoms with Crippen LogP contribution in [-0.4, -0.2) is 18.3 Å². The molecule has 0 atom stereocenters. The van der Waals surface area contributed by atoms with Gasteiger partial charge < -0.3 is 9.31 Å². The van der Waals surface area contributed by atoms with Gasteiger partial charge in [-0.2, -0.15) is 0 Å². The standard InChI is InChI=1S/C13H21BO2S/c1-9(2)11-7-10(8-17-11)14-15-12(3,4)13(5,6)16-14/h7-9H,1-6H3/i1D3,2D3,7D,8D,9D. The monoisotopic (exact) mass is 261 g/mol. The summed E-state index contributed by atoms with van der Waals surface area (Å²) in [6.45, 7) is 0.720. The quantitative estimate of drug-likeness (QED) is 0.761. The van der Waals surface area contributed by atoms with Gasteiger partial charge in [-0.15, -0.1) is 11.3 Å². The van der Waals surface area contributed by atoms with Crippen LogP contribution in [-0.2, 0) is 9.31 Å². The molecule has 0 aromatic carbocycles. The second-order valence-electron chi connectivity index (χ2n) is 5.04. The van der Waals surface area contributed by atoms with E-state index in [4.69, 9.17) is 21.6 Å². The van der Waals surface area contributed by atoms with Crippen LogP contribution < -0.4 is 5.46 Å². The van der Waals surface area contributed by atoms with E-state index >= 15 is 0 Å². The van der Waals surface area contributed by atoms with Crippen LogP contribution in [0.5, 0.6) is 0 Å². The molecule has 1 fully saturated rings. The summed E-state index contributed by atoms with van der Waals surface area (Å²) in [5, 5.41) is -0.242. The Morgan fingerprint density at radius 1 is 1.35 bits per heavy atom. The lowest BCUT2D eigenvalue weighted by Crippen LogP contribution is -2.41. The van der Waals surface area contributed by atoms with Gasteiger partial charge in [0.1, 0.15) is 0 Å². The molecule has 94 valence electrons. The maximum absolute atomic E-state index is 8.32. The molecule has 0 saturated carbocycles. The lowest BCUT2D eigenvalue weighted by Gasteiger charge is -2.32. The zero-order chi connectivity index (χ0) is 20.5. The van der Waals surface area contributed by atoms with Crippen molar-refractivity contribution in [2.45, 2.75) is 58.5 Å². The van der Waals surface area contributed by atoms with Crippen LogP contribution in [0.15, 0.2) is 11.4 Å². The van der Waals surface area contributed by atoms with Crippen molar-refractivity contribution < 1.29 is 21.6 Å². The molecule has 1 saturated heterocycles. The van der Waals surface area contributed by atoms with Crippen molar-refractivity contribution in [2.75, 3.05) is 0 Å². The van der Waals surface area contributed by atoms with Crippen molar-refractivity contribution >= 4 is 23.9 Å². The van der Waals surface area contributed by atoms with E-state index in [9.17, 15) is 0 Å². The summed E-state index contributed by atoms with van der Waals surface area (Å²) >= 11 is 0.500. The summed E-state index contributed by atoms with van der Waals surface area (Å²) in [5.41, 5.74) is -1.54. The van der Waals surface area contributed by atoms with Crippen LogP contribution >= 0.6 is 11.3 Å². The van der Waals surface area contributed by atoms with E-state index in [0.717, 1.165) is 0 Å². The van der Waals surface area contributed by atoms with Gasteiger partial charge in [0.25, 0.3) is 0 Å². The zero-order valence-electron chi connectivity index (χ0n) is 19.3. The molecule has 0 spiro atoms. The van der Waals surface area contributed by atoms with Gasteiger partial charge in [-0.1, -0.05) is 13.7 Å². The Morgan fingerprint density at radius 2 is 1.94 bits per heavy atom. The van der Waals surface area contributed by atoms with Crippen molar-refractivity contribution in [1.82, 2.24) is 0 Å².